The van der Waals surface area contributed by atoms with Crippen LogP contribution < -0.4 is 10.5 Å². The fourth-order valence-electron chi connectivity index (χ4n) is 2.29. The molecule has 0 unspecified atom stereocenters. The van der Waals surface area contributed by atoms with Gasteiger partial charge in [0.05, 0.1) is 6.20 Å². The van der Waals surface area contributed by atoms with Gasteiger partial charge >= 0.3 is 0 Å². The number of fused-ring (bicyclic) bond motifs is 2. The van der Waals surface area contributed by atoms with Crippen molar-refractivity contribution in [2.75, 3.05) is 6.54 Å². The summed E-state index contributed by atoms with van der Waals surface area (Å²) in [6.07, 6.45) is 4.48. The number of ether oxygens (including phenoxy) is 1. The Morgan fingerprint density at radius 1 is 1.24 bits per heavy atom. The molecule has 3 rings (SSSR count). The standard InChI is InChI=1S/C14H14N2O/c15-8-11-7-10-3-1-2-4-13(10)17-14-9-16-6-5-12(11)14/h1-6,9,11H,7-8,15H2/t11-/m1/s1. The van der Waals surface area contributed by atoms with Crippen molar-refractivity contribution in [2.24, 2.45) is 5.73 Å². The predicted molar refractivity (Wildman–Crippen MR) is 66.3 cm³/mol. The Bertz CT molecular complexity index is 539. The van der Waals surface area contributed by atoms with Gasteiger partial charge in [0.15, 0.2) is 0 Å². The van der Waals surface area contributed by atoms with Gasteiger partial charge in [-0.1, -0.05) is 18.2 Å². The SMILES string of the molecule is NC[C@H]1Cc2ccccc2Oc2cnccc21. The van der Waals surface area contributed by atoms with Gasteiger partial charge in [-0.2, -0.15) is 0 Å². The van der Waals surface area contributed by atoms with E-state index in [2.05, 4.69) is 11.1 Å². The number of hydrogen-bond acceptors (Lipinski definition) is 3. The molecule has 0 amide bonds. The van der Waals surface area contributed by atoms with Crippen LogP contribution in [-0.2, 0) is 6.42 Å². The van der Waals surface area contributed by atoms with Gasteiger partial charge < -0.3 is 10.5 Å². The minimum absolute atomic E-state index is 0.302. The molecule has 17 heavy (non-hydrogen) atoms. The Labute approximate surface area is 100 Å². The lowest BCUT2D eigenvalue weighted by molar-refractivity contribution is 0.475. The number of aromatic nitrogens is 1. The maximum Gasteiger partial charge on any atom is 0.149 e. The maximum absolute atomic E-state index is 5.92. The molecule has 3 heteroatoms. The topological polar surface area (TPSA) is 48.1 Å². The summed E-state index contributed by atoms with van der Waals surface area (Å²) in [5.41, 5.74) is 8.23. The molecular weight excluding hydrogens is 212 g/mol. The van der Waals surface area contributed by atoms with Gasteiger partial charge in [-0.3, -0.25) is 4.98 Å². The Hall–Kier alpha value is -1.87. The molecule has 2 heterocycles. The van der Waals surface area contributed by atoms with Crippen LogP contribution in [0.2, 0.25) is 0 Å². The summed E-state index contributed by atoms with van der Waals surface area (Å²) < 4.78 is 5.92. The highest BCUT2D eigenvalue weighted by atomic mass is 16.5. The summed E-state index contributed by atoms with van der Waals surface area (Å²) in [4.78, 5) is 4.12. The fraction of sp³-hybridized carbons (Fsp3) is 0.214. The van der Waals surface area contributed by atoms with E-state index in [-0.39, 0.29) is 0 Å². The van der Waals surface area contributed by atoms with Gasteiger partial charge in [0.2, 0.25) is 0 Å². The van der Waals surface area contributed by atoms with E-state index in [1.165, 1.54) is 5.56 Å². The van der Waals surface area contributed by atoms with E-state index < -0.39 is 0 Å². The molecule has 1 atom stereocenters. The number of hydrogen-bond donors (Lipinski definition) is 1. The monoisotopic (exact) mass is 226 g/mol. The lowest BCUT2D eigenvalue weighted by atomic mass is 9.93. The summed E-state index contributed by atoms with van der Waals surface area (Å²) in [7, 11) is 0. The molecule has 0 radical (unpaired) electrons. The van der Waals surface area contributed by atoms with Crippen molar-refractivity contribution < 1.29 is 4.74 Å². The highest BCUT2D eigenvalue weighted by Crippen LogP contribution is 2.37. The highest BCUT2D eigenvalue weighted by molar-refractivity contribution is 5.45. The number of nitrogens with two attached hydrogens (primary N) is 1. The summed E-state index contributed by atoms with van der Waals surface area (Å²) >= 11 is 0. The van der Waals surface area contributed by atoms with E-state index in [0.717, 1.165) is 23.5 Å². The van der Waals surface area contributed by atoms with Crippen LogP contribution in [0.3, 0.4) is 0 Å². The second kappa shape index (κ2) is 4.18. The van der Waals surface area contributed by atoms with Crippen molar-refractivity contribution in [1.82, 2.24) is 4.98 Å². The third kappa shape index (κ3) is 1.78. The number of rotatable bonds is 1. The van der Waals surface area contributed by atoms with Crippen molar-refractivity contribution in [1.29, 1.82) is 0 Å². The molecule has 1 aliphatic heterocycles. The van der Waals surface area contributed by atoms with Crippen molar-refractivity contribution in [3.8, 4) is 11.5 Å². The summed E-state index contributed by atoms with van der Waals surface area (Å²) in [6, 6.07) is 10.1. The van der Waals surface area contributed by atoms with Gasteiger partial charge in [-0.15, -0.1) is 0 Å². The maximum atomic E-state index is 5.92. The molecule has 86 valence electrons. The third-order valence-corrected chi connectivity index (χ3v) is 3.20. The number of pyridine rings is 1. The Morgan fingerprint density at radius 3 is 3.00 bits per heavy atom. The van der Waals surface area contributed by atoms with E-state index >= 15 is 0 Å². The average molecular weight is 226 g/mol. The lowest BCUT2D eigenvalue weighted by Gasteiger charge is -2.13. The van der Waals surface area contributed by atoms with Crippen molar-refractivity contribution in [3.05, 3.63) is 53.9 Å². The lowest BCUT2D eigenvalue weighted by Crippen LogP contribution is -2.14. The zero-order valence-electron chi connectivity index (χ0n) is 9.47. The molecule has 0 saturated heterocycles. The number of benzene rings is 1. The first kappa shape index (κ1) is 10.3. The third-order valence-electron chi connectivity index (χ3n) is 3.20. The Morgan fingerprint density at radius 2 is 2.12 bits per heavy atom. The van der Waals surface area contributed by atoms with Crippen molar-refractivity contribution in [2.45, 2.75) is 12.3 Å². The number of para-hydroxylation sites is 1. The van der Waals surface area contributed by atoms with Gasteiger partial charge in [0.1, 0.15) is 11.5 Å². The van der Waals surface area contributed by atoms with E-state index in [4.69, 9.17) is 10.5 Å². The quantitative estimate of drug-likeness (QED) is 0.812. The molecule has 2 N–H and O–H groups in total. The van der Waals surface area contributed by atoms with Crippen LogP contribution in [0, 0.1) is 0 Å². The normalized spacial score (nSPS) is 17.6. The van der Waals surface area contributed by atoms with Crippen LogP contribution in [0.5, 0.6) is 11.5 Å². The van der Waals surface area contributed by atoms with Crippen LogP contribution in [0.4, 0.5) is 0 Å². The van der Waals surface area contributed by atoms with Gasteiger partial charge in [-0.05, 0) is 30.7 Å². The first-order valence-electron chi connectivity index (χ1n) is 5.78. The molecule has 0 aliphatic carbocycles. The van der Waals surface area contributed by atoms with Crippen LogP contribution in [0.15, 0.2) is 42.7 Å². The molecule has 1 aromatic carbocycles. The first-order valence-corrected chi connectivity index (χ1v) is 5.78. The number of nitrogens with zero attached hydrogens (tertiary/aromatic N) is 1. The smallest absolute Gasteiger partial charge is 0.149 e. The summed E-state index contributed by atoms with van der Waals surface area (Å²) in [5.74, 6) is 2.04. The van der Waals surface area contributed by atoms with E-state index in [0.29, 0.717) is 12.5 Å². The molecule has 1 aliphatic rings. The molecule has 0 fully saturated rings. The fourth-order valence-corrected chi connectivity index (χ4v) is 2.29. The van der Waals surface area contributed by atoms with Gasteiger partial charge in [0, 0.05) is 17.7 Å². The molecule has 3 nitrogen and oxygen atoms in total. The molecule has 0 saturated carbocycles. The Kier molecular flexibility index (Phi) is 2.53. The van der Waals surface area contributed by atoms with Gasteiger partial charge in [0.25, 0.3) is 0 Å². The predicted octanol–water partition coefficient (Wildman–Crippen LogP) is 2.47. The molecule has 0 bridgehead atoms. The second-order valence-corrected chi connectivity index (χ2v) is 4.26. The first-order chi connectivity index (χ1) is 8.38. The van der Waals surface area contributed by atoms with Gasteiger partial charge in [-0.25, -0.2) is 0 Å². The van der Waals surface area contributed by atoms with E-state index in [9.17, 15) is 0 Å². The molecule has 0 spiro atoms. The Balaban J connectivity index is 2.13. The largest absolute Gasteiger partial charge is 0.455 e. The van der Waals surface area contributed by atoms with Crippen molar-refractivity contribution >= 4 is 0 Å². The zero-order valence-corrected chi connectivity index (χ0v) is 9.47. The van der Waals surface area contributed by atoms with Crippen molar-refractivity contribution in [3.63, 3.8) is 0 Å². The minimum atomic E-state index is 0.302. The molecule has 2 aromatic rings. The van der Waals surface area contributed by atoms with Crippen LogP contribution in [-0.4, -0.2) is 11.5 Å². The molecule has 1 aromatic heterocycles. The van der Waals surface area contributed by atoms with Crippen LogP contribution in [0.1, 0.15) is 17.0 Å². The van der Waals surface area contributed by atoms with E-state index in [1.807, 2.05) is 24.3 Å². The average Bonchev–Trinajstić information content (AvgIpc) is 2.54. The minimum Gasteiger partial charge on any atom is -0.455 e. The molecular formula is C14H14N2O. The van der Waals surface area contributed by atoms with Crippen LogP contribution >= 0.6 is 0 Å². The second-order valence-electron chi connectivity index (χ2n) is 4.26. The summed E-state index contributed by atoms with van der Waals surface area (Å²) in [6.45, 7) is 0.620. The van der Waals surface area contributed by atoms with E-state index in [1.54, 1.807) is 12.4 Å². The zero-order chi connectivity index (χ0) is 11.7. The van der Waals surface area contributed by atoms with Crippen LogP contribution in [0.25, 0.3) is 0 Å². The highest BCUT2D eigenvalue weighted by Gasteiger charge is 2.21. The summed E-state index contributed by atoms with van der Waals surface area (Å²) in [5, 5.41) is 0.